The van der Waals surface area contributed by atoms with E-state index in [9.17, 15) is 14.4 Å². The molecule has 214 valence electrons. The zero-order valence-corrected chi connectivity index (χ0v) is 25.6. The fourth-order valence-corrected chi connectivity index (χ4v) is 4.84. The van der Waals surface area contributed by atoms with Gasteiger partial charge >= 0.3 is 6.09 Å². The molecule has 0 aliphatic rings. The third-order valence-corrected chi connectivity index (χ3v) is 6.96. The van der Waals surface area contributed by atoms with Crippen molar-refractivity contribution in [1.29, 1.82) is 0 Å². The fourth-order valence-electron chi connectivity index (χ4n) is 4.59. The summed E-state index contributed by atoms with van der Waals surface area (Å²) in [5.41, 5.74) is 1.70. The number of carbonyl (C=O) groups is 3. The van der Waals surface area contributed by atoms with Crippen LogP contribution < -0.4 is 10.6 Å². The first-order valence-corrected chi connectivity index (χ1v) is 14.0. The highest BCUT2D eigenvalue weighted by Crippen LogP contribution is 2.34. The third-order valence-electron chi connectivity index (χ3n) is 6.60. The van der Waals surface area contributed by atoms with Gasteiger partial charge in [-0.1, -0.05) is 48.5 Å². The Hall–Kier alpha value is -3.52. The number of thiol groups is 1. The van der Waals surface area contributed by atoms with E-state index in [2.05, 4.69) is 23.3 Å². The lowest BCUT2D eigenvalue weighted by Gasteiger charge is -2.43. The van der Waals surface area contributed by atoms with E-state index in [0.29, 0.717) is 11.3 Å². The number of carbonyl (C=O) groups excluding carboxylic acids is 3. The summed E-state index contributed by atoms with van der Waals surface area (Å²) in [6.45, 7) is 14.8. The van der Waals surface area contributed by atoms with Crippen LogP contribution in [0.2, 0.25) is 0 Å². The van der Waals surface area contributed by atoms with Crippen LogP contribution in [0.25, 0.3) is 10.8 Å². The van der Waals surface area contributed by atoms with Gasteiger partial charge in [-0.2, -0.15) is 12.6 Å². The molecule has 2 unspecified atom stereocenters. The quantitative estimate of drug-likeness (QED) is 0.283. The van der Waals surface area contributed by atoms with Gasteiger partial charge in [-0.05, 0) is 95.0 Å². The summed E-state index contributed by atoms with van der Waals surface area (Å²) in [7, 11) is 0. The first-order chi connectivity index (χ1) is 18.6. The number of aryl methyl sites for hydroxylation is 1. The van der Waals surface area contributed by atoms with Crippen molar-refractivity contribution in [2.45, 2.75) is 78.6 Å². The number of rotatable bonds is 7. The van der Waals surface area contributed by atoms with Crippen molar-refractivity contribution in [2.24, 2.45) is 0 Å². The highest BCUT2D eigenvalue weighted by Gasteiger charge is 2.42. The Kier molecular flexibility index (Phi) is 9.56. The van der Waals surface area contributed by atoms with Crippen LogP contribution in [-0.2, 0) is 14.3 Å². The molecule has 0 fully saturated rings. The molecule has 0 saturated carbocycles. The van der Waals surface area contributed by atoms with E-state index in [-0.39, 0.29) is 11.7 Å². The number of amides is 3. The van der Waals surface area contributed by atoms with Gasteiger partial charge < -0.3 is 20.3 Å². The molecule has 0 radical (unpaired) electrons. The van der Waals surface area contributed by atoms with Crippen LogP contribution in [0.15, 0.2) is 60.7 Å². The van der Waals surface area contributed by atoms with Crippen LogP contribution in [0.3, 0.4) is 0 Å². The van der Waals surface area contributed by atoms with E-state index in [1.165, 1.54) is 0 Å². The SMILES string of the molecule is Cc1cccc(C(C(=O)Nc2ccc3ccccc3c2)N(C(=O)C(CS)NC(=O)OC(C)(C)C)C(C)(C)C)c1C. The zero-order valence-electron chi connectivity index (χ0n) is 24.7. The lowest BCUT2D eigenvalue weighted by atomic mass is 9.91. The van der Waals surface area contributed by atoms with E-state index >= 15 is 0 Å². The van der Waals surface area contributed by atoms with Crippen molar-refractivity contribution in [3.63, 3.8) is 0 Å². The summed E-state index contributed by atoms with van der Waals surface area (Å²) in [6.07, 6.45) is -0.724. The molecule has 0 saturated heterocycles. The Morgan fingerprint density at radius 2 is 1.55 bits per heavy atom. The summed E-state index contributed by atoms with van der Waals surface area (Å²) in [5, 5.41) is 7.76. The van der Waals surface area contributed by atoms with Gasteiger partial charge in [0.05, 0.1) is 0 Å². The highest BCUT2D eigenvalue weighted by atomic mass is 32.1. The number of hydrogen-bond acceptors (Lipinski definition) is 5. The maximum atomic E-state index is 14.2. The van der Waals surface area contributed by atoms with Gasteiger partial charge in [0.15, 0.2) is 0 Å². The lowest BCUT2D eigenvalue weighted by Crippen LogP contribution is -2.58. The average molecular weight is 564 g/mol. The molecular weight excluding hydrogens is 522 g/mol. The lowest BCUT2D eigenvalue weighted by molar-refractivity contribution is -0.146. The minimum atomic E-state index is -1.02. The van der Waals surface area contributed by atoms with Gasteiger partial charge in [-0.3, -0.25) is 9.59 Å². The molecule has 2 N–H and O–H groups in total. The molecule has 8 heteroatoms. The number of hydrogen-bond donors (Lipinski definition) is 3. The maximum absolute atomic E-state index is 14.2. The van der Waals surface area contributed by atoms with E-state index in [1.54, 1.807) is 25.7 Å². The van der Waals surface area contributed by atoms with E-state index in [4.69, 9.17) is 4.74 Å². The molecule has 0 heterocycles. The standard InChI is InChI=1S/C32H41N3O4S/c1-20-12-11-15-25(21(20)2)27(28(36)33-24-17-16-22-13-9-10-14-23(22)18-24)35(31(3,4)5)29(37)26(19-40)34-30(38)39-32(6,7)8/h9-18,26-27,40H,19H2,1-8H3,(H,33,36)(H,34,38). The molecule has 3 amide bonds. The largest absolute Gasteiger partial charge is 0.444 e. The Morgan fingerprint density at radius 1 is 0.900 bits per heavy atom. The monoisotopic (exact) mass is 563 g/mol. The van der Waals surface area contributed by atoms with Gasteiger partial charge in [-0.25, -0.2) is 4.79 Å². The van der Waals surface area contributed by atoms with Crippen LogP contribution in [0.1, 0.15) is 64.3 Å². The van der Waals surface area contributed by atoms with Crippen molar-refractivity contribution < 1.29 is 19.1 Å². The van der Waals surface area contributed by atoms with E-state index < -0.39 is 35.2 Å². The van der Waals surface area contributed by atoms with Gasteiger partial charge in [0.2, 0.25) is 5.91 Å². The predicted molar refractivity (Wildman–Crippen MR) is 165 cm³/mol. The van der Waals surface area contributed by atoms with E-state index in [0.717, 1.165) is 21.9 Å². The number of nitrogens with zero attached hydrogens (tertiary/aromatic N) is 1. The molecule has 0 aliphatic heterocycles. The third kappa shape index (κ3) is 7.56. The summed E-state index contributed by atoms with van der Waals surface area (Å²) in [4.78, 5) is 42.5. The minimum absolute atomic E-state index is 0.0243. The summed E-state index contributed by atoms with van der Waals surface area (Å²) < 4.78 is 5.39. The summed E-state index contributed by atoms with van der Waals surface area (Å²) >= 11 is 4.37. The molecule has 0 bridgehead atoms. The Morgan fingerprint density at radius 3 is 2.15 bits per heavy atom. The van der Waals surface area contributed by atoms with Crippen molar-refractivity contribution in [3.8, 4) is 0 Å². The van der Waals surface area contributed by atoms with Crippen LogP contribution >= 0.6 is 12.6 Å². The van der Waals surface area contributed by atoms with Crippen molar-refractivity contribution in [3.05, 3.63) is 77.4 Å². The van der Waals surface area contributed by atoms with Crippen molar-refractivity contribution in [1.82, 2.24) is 10.2 Å². The van der Waals surface area contributed by atoms with Crippen molar-refractivity contribution >= 4 is 47.0 Å². The average Bonchev–Trinajstić information content (AvgIpc) is 2.85. The van der Waals surface area contributed by atoms with Gasteiger partial charge in [-0.15, -0.1) is 0 Å². The van der Waals surface area contributed by atoms with E-state index in [1.807, 2.05) is 95.3 Å². The molecule has 0 aliphatic carbocycles. The van der Waals surface area contributed by atoms with Crippen LogP contribution in [0.5, 0.6) is 0 Å². The number of alkyl carbamates (subject to hydrolysis) is 1. The number of nitrogens with one attached hydrogen (secondary N) is 2. The van der Waals surface area contributed by atoms with Crippen molar-refractivity contribution in [2.75, 3.05) is 11.1 Å². The highest BCUT2D eigenvalue weighted by molar-refractivity contribution is 7.80. The fraction of sp³-hybridized carbons (Fsp3) is 0.406. The second kappa shape index (κ2) is 12.3. The maximum Gasteiger partial charge on any atom is 0.408 e. The van der Waals surface area contributed by atoms with Gasteiger partial charge in [0.25, 0.3) is 5.91 Å². The molecule has 3 aromatic rings. The molecule has 7 nitrogen and oxygen atoms in total. The Bertz CT molecular complexity index is 1390. The molecule has 40 heavy (non-hydrogen) atoms. The summed E-state index contributed by atoms with van der Waals surface area (Å²) in [6, 6.07) is 17.3. The van der Waals surface area contributed by atoms with Crippen LogP contribution in [0.4, 0.5) is 10.5 Å². The first-order valence-electron chi connectivity index (χ1n) is 13.4. The molecule has 0 aromatic heterocycles. The van der Waals surface area contributed by atoms with Crippen LogP contribution in [0, 0.1) is 13.8 Å². The molecule has 3 rings (SSSR count). The Balaban J connectivity index is 2.07. The summed E-state index contributed by atoms with van der Waals surface area (Å²) in [5.74, 6) is -0.772. The van der Waals surface area contributed by atoms with Gasteiger partial charge in [0, 0.05) is 17.0 Å². The second-order valence-electron chi connectivity index (χ2n) is 12.0. The van der Waals surface area contributed by atoms with Gasteiger partial charge in [0.1, 0.15) is 17.7 Å². The number of benzene rings is 3. The molecule has 2 atom stereocenters. The smallest absolute Gasteiger partial charge is 0.408 e. The predicted octanol–water partition coefficient (Wildman–Crippen LogP) is 6.59. The topological polar surface area (TPSA) is 87.7 Å². The molecule has 0 spiro atoms. The van der Waals surface area contributed by atoms with Crippen LogP contribution in [-0.4, -0.2) is 45.7 Å². The molecular formula is C32H41N3O4S. The first kappa shape index (κ1) is 31.0. The number of ether oxygens (including phenoxy) is 1. The zero-order chi connectivity index (χ0) is 29.8. The normalized spacial score (nSPS) is 13.3. The number of anilines is 1. The molecule has 3 aromatic carbocycles. The minimum Gasteiger partial charge on any atom is -0.444 e. The second-order valence-corrected chi connectivity index (χ2v) is 12.4. The number of fused-ring (bicyclic) bond motifs is 1. The Labute approximate surface area is 243 Å².